The van der Waals surface area contributed by atoms with Gasteiger partial charge >= 0.3 is 0 Å². The highest BCUT2D eigenvalue weighted by molar-refractivity contribution is 5.64. The predicted molar refractivity (Wildman–Crippen MR) is 89.1 cm³/mol. The average Bonchev–Trinajstić information content (AvgIpc) is 3.11. The van der Waals surface area contributed by atoms with Crippen LogP contribution in [0.4, 0.5) is 0 Å². The van der Waals surface area contributed by atoms with Crippen molar-refractivity contribution in [1.29, 1.82) is 0 Å². The number of nitrogens with zero attached hydrogens (tertiary/aromatic N) is 2. The molecule has 1 aromatic heterocycles. The van der Waals surface area contributed by atoms with Gasteiger partial charge in [0.05, 0.1) is 19.5 Å². The van der Waals surface area contributed by atoms with Crippen molar-refractivity contribution in [1.82, 2.24) is 9.55 Å². The van der Waals surface area contributed by atoms with E-state index in [-0.39, 0.29) is 0 Å². The van der Waals surface area contributed by atoms with Gasteiger partial charge in [0.15, 0.2) is 0 Å². The van der Waals surface area contributed by atoms with E-state index in [0.29, 0.717) is 6.04 Å². The molecule has 3 rings (SSSR count). The van der Waals surface area contributed by atoms with Crippen LogP contribution in [0, 0.1) is 0 Å². The van der Waals surface area contributed by atoms with Crippen molar-refractivity contribution < 1.29 is 4.74 Å². The Labute approximate surface area is 131 Å². The molecule has 0 amide bonds. The number of hydrogen-bond acceptors (Lipinski definition) is 2. The minimum Gasteiger partial charge on any atom is -0.497 e. The van der Waals surface area contributed by atoms with E-state index >= 15 is 0 Å². The third kappa shape index (κ3) is 2.89. The van der Waals surface area contributed by atoms with Gasteiger partial charge in [-0.05, 0) is 35.2 Å². The first-order valence-corrected chi connectivity index (χ1v) is 7.53. The zero-order valence-electron chi connectivity index (χ0n) is 12.9. The third-order valence-corrected chi connectivity index (χ3v) is 3.99. The van der Waals surface area contributed by atoms with Gasteiger partial charge in [-0.2, -0.15) is 0 Å². The quantitative estimate of drug-likeness (QED) is 0.689. The Morgan fingerprint density at radius 3 is 2.14 bits per heavy atom. The molecule has 3 aromatic rings. The van der Waals surface area contributed by atoms with Crippen molar-refractivity contribution in [3.8, 4) is 16.9 Å². The largest absolute Gasteiger partial charge is 0.497 e. The van der Waals surface area contributed by atoms with Gasteiger partial charge in [-0.25, -0.2) is 4.98 Å². The topological polar surface area (TPSA) is 27.1 Å². The Hall–Kier alpha value is -2.55. The lowest BCUT2D eigenvalue weighted by atomic mass is 9.99. The molecule has 0 radical (unpaired) electrons. The first-order chi connectivity index (χ1) is 10.8. The molecule has 0 aliphatic carbocycles. The number of hydrogen-bond donors (Lipinski definition) is 0. The molecular formula is C19H20N2O. The molecule has 0 N–H and O–H groups in total. The maximum absolute atomic E-state index is 5.20. The first kappa shape index (κ1) is 14.4. The Bertz CT molecular complexity index is 700. The molecule has 0 saturated carbocycles. The van der Waals surface area contributed by atoms with Crippen molar-refractivity contribution in [3.05, 3.63) is 72.8 Å². The Morgan fingerprint density at radius 1 is 1.00 bits per heavy atom. The molecule has 0 fully saturated rings. The highest BCUT2D eigenvalue weighted by atomic mass is 16.5. The maximum Gasteiger partial charge on any atom is 0.118 e. The van der Waals surface area contributed by atoms with Gasteiger partial charge in [0.1, 0.15) is 5.75 Å². The van der Waals surface area contributed by atoms with Crippen LogP contribution in [0.3, 0.4) is 0 Å². The minimum atomic E-state index is 0.340. The fourth-order valence-electron chi connectivity index (χ4n) is 2.75. The molecule has 0 spiro atoms. The molecule has 0 aliphatic heterocycles. The van der Waals surface area contributed by atoms with Gasteiger partial charge in [-0.1, -0.05) is 43.3 Å². The summed E-state index contributed by atoms with van der Waals surface area (Å²) >= 11 is 0. The molecule has 1 unspecified atom stereocenters. The van der Waals surface area contributed by atoms with Crippen molar-refractivity contribution >= 4 is 0 Å². The standard InChI is InChI=1S/C19H20N2O/c1-3-19(21-13-12-20-14-21)17-6-4-15(5-7-17)16-8-10-18(22-2)11-9-16/h4-14,19H,3H2,1-2H3. The molecule has 0 saturated heterocycles. The van der Waals surface area contributed by atoms with Gasteiger partial charge in [0.25, 0.3) is 0 Å². The van der Waals surface area contributed by atoms with E-state index in [1.165, 1.54) is 16.7 Å². The summed E-state index contributed by atoms with van der Waals surface area (Å²) in [5, 5.41) is 0. The van der Waals surface area contributed by atoms with E-state index in [4.69, 9.17) is 4.74 Å². The lowest BCUT2D eigenvalue weighted by molar-refractivity contribution is 0.415. The van der Waals surface area contributed by atoms with E-state index < -0.39 is 0 Å². The van der Waals surface area contributed by atoms with Crippen molar-refractivity contribution in [2.45, 2.75) is 19.4 Å². The number of ether oxygens (including phenoxy) is 1. The highest BCUT2D eigenvalue weighted by Gasteiger charge is 2.10. The van der Waals surface area contributed by atoms with Crippen molar-refractivity contribution in [2.24, 2.45) is 0 Å². The van der Waals surface area contributed by atoms with Crippen LogP contribution >= 0.6 is 0 Å². The number of rotatable bonds is 5. The van der Waals surface area contributed by atoms with E-state index in [2.05, 4.69) is 52.9 Å². The Balaban J connectivity index is 1.85. The predicted octanol–water partition coefficient (Wildman–Crippen LogP) is 4.56. The van der Waals surface area contributed by atoms with Crippen LogP contribution in [-0.4, -0.2) is 16.7 Å². The number of aromatic nitrogens is 2. The summed E-state index contributed by atoms with van der Waals surface area (Å²) in [5.41, 5.74) is 3.72. The SMILES string of the molecule is CCC(c1ccc(-c2ccc(OC)cc2)cc1)n1ccnc1. The summed E-state index contributed by atoms with van der Waals surface area (Å²) in [6, 6.07) is 17.2. The van der Waals surface area contributed by atoms with Crippen LogP contribution in [0.2, 0.25) is 0 Å². The zero-order valence-corrected chi connectivity index (χ0v) is 12.9. The third-order valence-electron chi connectivity index (χ3n) is 3.99. The fraction of sp³-hybridized carbons (Fsp3) is 0.211. The molecule has 0 bridgehead atoms. The maximum atomic E-state index is 5.20. The molecule has 1 atom stereocenters. The van der Waals surface area contributed by atoms with E-state index in [1.807, 2.05) is 30.9 Å². The molecule has 112 valence electrons. The van der Waals surface area contributed by atoms with Gasteiger partial charge in [-0.3, -0.25) is 0 Å². The molecule has 3 nitrogen and oxygen atoms in total. The summed E-state index contributed by atoms with van der Waals surface area (Å²) in [6.07, 6.45) is 6.77. The fourth-order valence-corrected chi connectivity index (χ4v) is 2.75. The first-order valence-electron chi connectivity index (χ1n) is 7.53. The van der Waals surface area contributed by atoms with Gasteiger partial charge < -0.3 is 9.30 Å². The second kappa shape index (κ2) is 6.48. The van der Waals surface area contributed by atoms with E-state index in [9.17, 15) is 0 Å². The van der Waals surface area contributed by atoms with Crippen molar-refractivity contribution in [2.75, 3.05) is 7.11 Å². The normalized spacial score (nSPS) is 12.1. The van der Waals surface area contributed by atoms with Crippen molar-refractivity contribution in [3.63, 3.8) is 0 Å². The van der Waals surface area contributed by atoms with Crippen LogP contribution in [0.15, 0.2) is 67.3 Å². The lowest BCUT2D eigenvalue weighted by Gasteiger charge is -2.17. The number of benzene rings is 2. The van der Waals surface area contributed by atoms with Crippen LogP contribution < -0.4 is 4.74 Å². The summed E-state index contributed by atoms with van der Waals surface area (Å²) in [7, 11) is 1.69. The number of methoxy groups -OCH3 is 1. The molecule has 1 heterocycles. The van der Waals surface area contributed by atoms with Gasteiger partial charge in [0.2, 0.25) is 0 Å². The summed E-state index contributed by atoms with van der Waals surface area (Å²) in [4.78, 5) is 4.15. The van der Waals surface area contributed by atoms with Crippen LogP contribution in [-0.2, 0) is 0 Å². The molecule has 3 heteroatoms. The lowest BCUT2D eigenvalue weighted by Crippen LogP contribution is -2.07. The Morgan fingerprint density at radius 2 is 1.64 bits per heavy atom. The van der Waals surface area contributed by atoms with Crippen LogP contribution in [0.5, 0.6) is 5.75 Å². The van der Waals surface area contributed by atoms with Gasteiger partial charge in [-0.15, -0.1) is 0 Å². The second-order valence-corrected chi connectivity index (χ2v) is 5.28. The average molecular weight is 292 g/mol. The van der Waals surface area contributed by atoms with Gasteiger partial charge in [0, 0.05) is 12.4 Å². The van der Waals surface area contributed by atoms with Crippen LogP contribution in [0.1, 0.15) is 24.9 Å². The highest BCUT2D eigenvalue weighted by Crippen LogP contribution is 2.26. The number of imidazole rings is 1. The molecule has 2 aromatic carbocycles. The summed E-state index contributed by atoms with van der Waals surface area (Å²) < 4.78 is 7.36. The second-order valence-electron chi connectivity index (χ2n) is 5.28. The molecule has 22 heavy (non-hydrogen) atoms. The molecule has 0 aliphatic rings. The smallest absolute Gasteiger partial charge is 0.118 e. The summed E-state index contributed by atoms with van der Waals surface area (Å²) in [5.74, 6) is 0.881. The molecular weight excluding hydrogens is 272 g/mol. The monoisotopic (exact) mass is 292 g/mol. The van der Waals surface area contributed by atoms with E-state index in [1.54, 1.807) is 7.11 Å². The minimum absolute atomic E-state index is 0.340. The Kier molecular flexibility index (Phi) is 4.24. The zero-order chi connectivity index (χ0) is 15.4. The summed E-state index contributed by atoms with van der Waals surface area (Å²) in [6.45, 7) is 2.20. The van der Waals surface area contributed by atoms with E-state index in [0.717, 1.165) is 12.2 Å². The van der Waals surface area contributed by atoms with Crippen LogP contribution in [0.25, 0.3) is 11.1 Å².